The third kappa shape index (κ3) is 2.37. The van der Waals surface area contributed by atoms with Crippen molar-refractivity contribution in [1.29, 1.82) is 0 Å². The highest BCUT2D eigenvalue weighted by molar-refractivity contribution is 5.50. The quantitative estimate of drug-likeness (QED) is 0.548. The fourth-order valence-corrected chi connectivity index (χ4v) is 1.90. The summed E-state index contributed by atoms with van der Waals surface area (Å²) in [6, 6.07) is 9.55. The molecule has 2 heterocycles. The fourth-order valence-electron chi connectivity index (χ4n) is 1.90. The first kappa shape index (κ1) is 13.7. The van der Waals surface area contributed by atoms with E-state index in [1.165, 1.54) is 24.4 Å². The first-order valence-corrected chi connectivity index (χ1v) is 6.15. The summed E-state index contributed by atoms with van der Waals surface area (Å²) < 4.78 is 19.2. The van der Waals surface area contributed by atoms with Gasteiger partial charge in [-0.1, -0.05) is 6.07 Å². The summed E-state index contributed by atoms with van der Waals surface area (Å²) in [7, 11) is 0. The van der Waals surface area contributed by atoms with Gasteiger partial charge >= 0.3 is 17.1 Å². The van der Waals surface area contributed by atoms with Crippen molar-refractivity contribution in [1.82, 2.24) is 9.38 Å². The van der Waals surface area contributed by atoms with Crippen molar-refractivity contribution in [3.8, 4) is 11.6 Å². The molecule has 0 unspecified atom stereocenters. The summed E-state index contributed by atoms with van der Waals surface area (Å²) in [5.41, 5.74) is -1.43. The molecule has 0 amide bonds. The van der Waals surface area contributed by atoms with Gasteiger partial charge in [-0.3, -0.25) is 19.3 Å². The van der Waals surface area contributed by atoms with Gasteiger partial charge in [-0.25, -0.2) is 4.39 Å². The maximum atomic E-state index is 12.9. The molecular weight excluding hydrogens is 293 g/mol. The van der Waals surface area contributed by atoms with Crippen molar-refractivity contribution >= 4 is 11.3 Å². The zero-order valence-corrected chi connectivity index (χ0v) is 11.0. The molecule has 1 aromatic carbocycles. The highest BCUT2D eigenvalue weighted by Crippen LogP contribution is 2.26. The monoisotopic (exact) mass is 301 g/mol. The molecule has 0 radical (unpaired) electrons. The molecule has 2 aromatic heterocycles. The molecule has 0 fully saturated rings. The van der Waals surface area contributed by atoms with Crippen LogP contribution in [0.3, 0.4) is 0 Å². The van der Waals surface area contributed by atoms with Gasteiger partial charge in [-0.2, -0.15) is 4.98 Å². The molecule has 7 nitrogen and oxygen atoms in total. The summed E-state index contributed by atoms with van der Waals surface area (Å²) in [4.78, 5) is 26.4. The summed E-state index contributed by atoms with van der Waals surface area (Å²) >= 11 is 0. The van der Waals surface area contributed by atoms with Crippen molar-refractivity contribution in [2.45, 2.75) is 0 Å². The van der Waals surface area contributed by atoms with E-state index in [1.807, 2.05) is 0 Å². The van der Waals surface area contributed by atoms with E-state index in [2.05, 4.69) is 4.98 Å². The first-order valence-electron chi connectivity index (χ1n) is 6.15. The molecule has 0 bridgehead atoms. The molecule has 0 aliphatic heterocycles. The van der Waals surface area contributed by atoms with E-state index in [9.17, 15) is 19.3 Å². The van der Waals surface area contributed by atoms with Crippen LogP contribution in [0.2, 0.25) is 0 Å². The Morgan fingerprint density at radius 2 is 1.91 bits per heavy atom. The number of nitro groups is 1. The number of benzene rings is 1. The number of pyridine rings is 1. The van der Waals surface area contributed by atoms with Crippen molar-refractivity contribution in [2.75, 3.05) is 0 Å². The topological polar surface area (TPSA) is 86.7 Å². The van der Waals surface area contributed by atoms with Crippen molar-refractivity contribution in [3.63, 3.8) is 0 Å². The van der Waals surface area contributed by atoms with E-state index in [4.69, 9.17) is 4.74 Å². The minimum absolute atomic E-state index is 0.136. The smallest absolute Gasteiger partial charge is 0.396 e. The second kappa shape index (κ2) is 5.24. The summed E-state index contributed by atoms with van der Waals surface area (Å²) in [6.45, 7) is 0. The van der Waals surface area contributed by atoms with Crippen LogP contribution in [0, 0.1) is 15.9 Å². The van der Waals surface area contributed by atoms with Gasteiger partial charge in [-0.15, -0.1) is 0 Å². The van der Waals surface area contributed by atoms with E-state index >= 15 is 0 Å². The second-order valence-corrected chi connectivity index (χ2v) is 4.31. The van der Waals surface area contributed by atoms with Crippen LogP contribution >= 0.6 is 0 Å². The minimum Gasteiger partial charge on any atom is -0.433 e. The molecule has 0 aliphatic carbocycles. The third-order valence-electron chi connectivity index (χ3n) is 2.89. The zero-order chi connectivity index (χ0) is 15.7. The lowest BCUT2D eigenvalue weighted by Gasteiger charge is -2.06. The molecule has 0 N–H and O–H groups in total. The number of rotatable bonds is 3. The van der Waals surface area contributed by atoms with Crippen LogP contribution in [0.5, 0.6) is 11.6 Å². The Bertz CT molecular complexity index is 922. The Labute approximate surface area is 122 Å². The number of hydrogen-bond donors (Lipinski definition) is 0. The standard InChI is InChI=1S/C14H8FN3O4/c15-9-4-6-10(7-5-9)22-13-12(18(20)21)14(19)17-8-2-1-3-11(17)16-13/h1-8H. The Hall–Kier alpha value is -3.29. The van der Waals surface area contributed by atoms with Crippen LogP contribution in [0.15, 0.2) is 53.5 Å². The highest BCUT2D eigenvalue weighted by Gasteiger charge is 2.25. The first-order chi connectivity index (χ1) is 10.6. The lowest BCUT2D eigenvalue weighted by molar-refractivity contribution is -0.387. The lowest BCUT2D eigenvalue weighted by Crippen LogP contribution is -2.19. The van der Waals surface area contributed by atoms with E-state index in [1.54, 1.807) is 12.1 Å². The van der Waals surface area contributed by atoms with Gasteiger partial charge in [0.2, 0.25) is 0 Å². The lowest BCUT2D eigenvalue weighted by atomic mass is 10.3. The molecule has 8 heteroatoms. The number of hydrogen-bond acceptors (Lipinski definition) is 5. The predicted molar refractivity (Wildman–Crippen MR) is 74.6 cm³/mol. The van der Waals surface area contributed by atoms with Crippen LogP contribution in [-0.2, 0) is 0 Å². The van der Waals surface area contributed by atoms with Crippen LogP contribution in [0.1, 0.15) is 0 Å². The van der Waals surface area contributed by atoms with E-state index in [0.717, 1.165) is 16.5 Å². The summed E-state index contributed by atoms with van der Waals surface area (Å²) in [5.74, 6) is -0.780. The van der Waals surface area contributed by atoms with Gasteiger partial charge in [0.05, 0.1) is 4.92 Å². The van der Waals surface area contributed by atoms with Gasteiger partial charge in [0.25, 0.3) is 0 Å². The molecule has 0 saturated carbocycles. The van der Waals surface area contributed by atoms with Crippen LogP contribution in [-0.4, -0.2) is 14.3 Å². The molecule has 3 aromatic rings. The number of halogens is 1. The molecule has 110 valence electrons. The van der Waals surface area contributed by atoms with Crippen molar-refractivity contribution < 1.29 is 14.1 Å². The fraction of sp³-hybridized carbons (Fsp3) is 0. The van der Waals surface area contributed by atoms with Crippen LogP contribution in [0.4, 0.5) is 10.1 Å². The number of ether oxygens (including phenoxy) is 1. The van der Waals surface area contributed by atoms with E-state index in [-0.39, 0.29) is 11.4 Å². The Kier molecular flexibility index (Phi) is 3.26. The predicted octanol–water partition coefficient (Wildman–Crippen LogP) is 2.53. The molecular formula is C14H8FN3O4. The summed E-state index contributed by atoms with van der Waals surface area (Å²) in [6.07, 6.45) is 1.37. The third-order valence-corrected chi connectivity index (χ3v) is 2.89. The second-order valence-electron chi connectivity index (χ2n) is 4.31. The molecule has 0 spiro atoms. The van der Waals surface area contributed by atoms with Gasteiger partial charge in [0.1, 0.15) is 17.2 Å². The van der Waals surface area contributed by atoms with Gasteiger partial charge in [0, 0.05) is 6.20 Å². The van der Waals surface area contributed by atoms with Crippen molar-refractivity contribution in [2.24, 2.45) is 0 Å². The molecule has 0 aliphatic rings. The maximum Gasteiger partial charge on any atom is 0.396 e. The Morgan fingerprint density at radius 1 is 1.18 bits per heavy atom. The van der Waals surface area contributed by atoms with Crippen LogP contribution < -0.4 is 10.3 Å². The number of nitrogens with zero attached hydrogens (tertiary/aromatic N) is 3. The SMILES string of the molecule is O=c1c([N+](=O)[O-])c(Oc2ccc(F)cc2)nc2ccccn12. The maximum absolute atomic E-state index is 12.9. The van der Waals surface area contributed by atoms with E-state index in [0.29, 0.717) is 0 Å². The number of aromatic nitrogens is 2. The van der Waals surface area contributed by atoms with Gasteiger partial charge in [0.15, 0.2) is 0 Å². The minimum atomic E-state index is -0.854. The molecule has 0 atom stereocenters. The average Bonchev–Trinajstić information content (AvgIpc) is 2.49. The van der Waals surface area contributed by atoms with Crippen LogP contribution in [0.25, 0.3) is 5.65 Å². The van der Waals surface area contributed by atoms with Gasteiger partial charge in [-0.05, 0) is 36.4 Å². The summed E-state index contributed by atoms with van der Waals surface area (Å²) in [5, 5.41) is 11.1. The average molecular weight is 301 g/mol. The molecule has 22 heavy (non-hydrogen) atoms. The largest absolute Gasteiger partial charge is 0.433 e. The molecule has 3 rings (SSSR count). The van der Waals surface area contributed by atoms with E-state index < -0.39 is 27.9 Å². The Morgan fingerprint density at radius 3 is 2.59 bits per heavy atom. The highest BCUT2D eigenvalue weighted by atomic mass is 19.1. The Balaban J connectivity index is 2.19. The van der Waals surface area contributed by atoms with Crippen molar-refractivity contribution in [3.05, 3.63) is 74.9 Å². The zero-order valence-electron chi connectivity index (χ0n) is 11.0. The van der Waals surface area contributed by atoms with Gasteiger partial charge < -0.3 is 4.74 Å². The normalized spacial score (nSPS) is 10.6. The molecule has 0 saturated heterocycles. The number of fused-ring (bicyclic) bond motifs is 1.